The summed E-state index contributed by atoms with van der Waals surface area (Å²) in [4.78, 5) is 38.3. The molecule has 6 heteroatoms. The number of carbonyl (C=O) groups is 3. The SMILES string of the molecule is CCN1C(=O)CC(NCCC(=O)N2CCCC2)C1=O. The van der Waals surface area contributed by atoms with Gasteiger partial charge >= 0.3 is 0 Å². The third kappa shape index (κ3) is 3.12. The van der Waals surface area contributed by atoms with Crippen molar-refractivity contribution in [3.63, 3.8) is 0 Å². The molecule has 2 aliphatic heterocycles. The first kappa shape index (κ1) is 14.0. The highest BCUT2D eigenvalue weighted by atomic mass is 16.2. The van der Waals surface area contributed by atoms with E-state index in [9.17, 15) is 14.4 Å². The van der Waals surface area contributed by atoms with Crippen molar-refractivity contribution in [1.29, 1.82) is 0 Å². The summed E-state index contributed by atoms with van der Waals surface area (Å²) < 4.78 is 0. The van der Waals surface area contributed by atoms with E-state index in [0.717, 1.165) is 25.9 Å². The van der Waals surface area contributed by atoms with E-state index < -0.39 is 6.04 Å². The molecular weight excluding hydrogens is 246 g/mol. The summed E-state index contributed by atoms with van der Waals surface area (Å²) in [5.41, 5.74) is 0. The second kappa shape index (κ2) is 6.14. The van der Waals surface area contributed by atoms with Crippen LogP contribution in [0.5, 0.6) is 0 Å². The predicted molar refractivity (Wildman–Crippen MR) is 69.2 cm³/mol. The van der Waals surface area contributed by atoms with Crippen molar-refractivity contribution >= 4 is 17.7 Å². The molecule has 1 unspecified atom stereocenters. The summed E-state index contributed by atoms with van der Waals surface area (Å²) in [6.07, 6.45) is 2.77. The van der Waals surface area contributed by atoms with E-state index >= 15 is 0 Å². The molecule has 2 heterocycles. The average molecular weight is 267 g/mol. The normalized spacial score (nSPS) is 23.5. The van der Waals surface area contributed by atoms with Gasteiger partial charge in [-0.25, -0.2) is 0 Å². The molecule has 19 heavy (non-hydrogen) atoms. The summed E-state index contributed by atoms with van der Waals surface area (Å²) in [6.45, 7) is 4.36. The number of hydrogen-bond donors (Lipinski definition) is 1. The maximum absolute atomic E-state index is 11.8. The van der Waals surface area contributed by atoms with Gasteiger partial charge in [0.1, 0.15) is 0 Å². The van der Waals surface area contributed by atoms with Crippen molar-refractivity contribution in [2.45, 2.75) is 38.6 Å². The Hall–Kier alpha value is -1.43. The molecule has 0 saturated carbocycles. The Balaban J connectivity index is 1.72. The molecule has 2 fully saturated rings. The Morgan fingerprint density at radius 3 is 2.58 bits per heavy atom. The number of likely N-dealkylation sites (N-methyl/N-ethyl adjacent to an activating group) is 1. The van der Waals surface area contributed by atoms with E-state index in [1.54, 1.807) is 6.92 Å². The quantitative estimate of drug-likeness (QED) is 0.697. The smallest absolute Gasteiger partial charge is 0.246 e. The molecule has 2 aliphatic rings. The largest absolute Gasteiger partial charge is 0.343 e. The summed E-state index contributed by atoms with van der Waals surface area (Å²) in [5.74, 6) is -0.161. The van der Waals surface area contributed by atoms with Gasteiger partial charge in [0.15, 0.2) is 0 Å². The van der Waals surface area contributed by atoms with Crippen LogP contribution in [-0.2, 0) is 14.4 Å². The number of imide groups is 1. The molecule has 2 saturated heterocycles. The van der Waals surface area contributed by atoms with Crippen molar-refractivity contribution in [2.75, 3.05) is 26.2 Å². The molecule has 0 bridgehead atoms. The number of amides is 3. The molecule has 1 atom stereocenters. The average Bonchev–Trinajstić information content (AvgIpc) is 2.99. The fourth-order valence-corrected chi connectivity index (χ4v) is 2.65. The summed E-state index contributed by atoms with van der Waals surface area (Å²) >= 11 is 0. The van der Waals surface area contributed by atoms with E-state index in [0.29, 0.717) is 19.5 Å². The second-order valence-electron chi connectivity index (χ2n) is 5.02. The molecule has 0 aliphatic carbocycles. The van der Waals surface area contributed by atoms with Crippen LogP contribution in [-0.4, -0.2) is 59.7 Å². The van der Waals surface area contributed by atoms with Crippen molar-refractivity contribution < 1.29 is 14.4 Å². The fraction of sp³-hybridized carbons (Fsp3) is 0.769. The number of carbonyl (C=O) groups excluding carboxylic acids is 3. The number of nitrogens with zero attached hydrogens (tertiary/aromatic N) is 2. The predicted octanol–water partition coefficient (Wildman–Crippen LogP) is -0.264. The van der Waals surface area contributed by atoms with E-state index in [4.69, 9.17) is 0 Å². The summed E-state index contributed by atoms with van der Waals surface area (Å²) in [7, 11) is 0. The van der Waals surface area contributed by atoms with Gasteiger partial charge < -0.3 is 10.2 Å². The first-order chi connectivity index (χ1) is 9.13. The first-order valence-electron chi connectivity index (χ1n) is 6.99. The lowest BCUT2D eigenvalue weighted by Crippen LogP contribution is -2.40. The maximum atomic E-state index is 11.8. The van der Waals surface area contributed by atoms with Crippen LogP contribution in [0.2, 0.25) is 0 Å². The van der Waals surface area contributed by atoms with Crippen LogP contribution >= 0.6 is 0 Å². The van der Waals surface area contributed by atoms with Gasteiger partial charge in [0.25, 0.3) is 0 Å². The lowest BCUT2D eigenvalue weighted by atomic mass is 10.2. The standard InChI is InChI=1S/C13H21N3O3/c1-2-16-12(18)9-10(13(16)19)14-6-5-11(17)15-7-3-4-8-15/h10,14H,2-9H2,1H3. The Labute approximate surface area is 113 Å². The van der Waals surface area contributed by atoms with Gasteiger partial charge in [-0.1, -0.05) is 0 Å². The van der Waals surface area contributed by atoms with Gasteiger partial charge in [-0.05, 0) is 19.8 Å². The second-order valence-corrected chi connectivity index (χ2v) is 5.02. The van der Waals surface area contributed by atoms with Crippen molar-refractivity contribution in [3.05, 3.63) is 0 Å². The molecule has 106 valence electrons. The zero-order chi connectivity index (χ0) is 13.8. The number of likely N-dealkylation sites (tertiary alicyclic amines) is 2. The van der Waals surface area contributed by atoms with Gasteiger partial charge in [-0.15, -0.1) is 0 Å². The summed E-state index contributed by atoms with van der Waals surface area (Å²) in [5, 5.41) is 3.02. The van der Waals surface area contributed by atoms with E-state index in [1.165, 1.54) is 4.90 Å². The molecular formula is C13H21N3O3. The Bertz CT molecular complexity index is 377. The topological polar surface area (TPSA) is 69.7 Å². The minimum atomic E-state index is -0.446. The minimum absolute atomic E-state index is 0.129. The molecule has 0 radical (unpaired) electrons. The highest BCUT2D eigenvalue weighted by Gasteiger charge is 2.37. The number of nitrogens with one attached hydrogen (secondary N) is 1. The van der Waals surface area contributed by atoms with Gasteiger partial charge in [0, 0.05) is 32.6 Å². The first-order valence-corrected chi connectivity index (χ1v) is 6.99. The van der Waals surface area contributed by atoms with E-state index in [2.05, 4.69) is 5.32 Å². The van der Waals surface area contributed by atoms with Crippen LogP contribution in [0.25, 0.3) is 0 Å². The molecule has 3 amide bonds. The number of rotatable bonds is 5. The van der Waals surface area contributed by atoms with Crippen LogP contribution in [0.15, 0.2) is 0 Å². The van der Waals surface area contributed by atoms with Gasteiger partial charge in [0.2, 0.25) is 17.7 Å². The molecule has 1 N–H and O–H groups in total. The molecule has 2 rings (SSSR count). The Morgan fingerprint density at radius 2 is 2.00 bits per heavy atom. The van der Waals surface area contributed by atoms with E-state index in [-0.39, 0.29) is 24.1 Å². The highest BCUT2D eigenvalue weighted by molar-refractivity contribution is 6.05. The zero-order valence-corrected chi connectivity index (χ0v) is 11.4. The van der Waals surface area contributed by atoms with Crippen molar-refractivity contribution in [2.24, 2.45) is 0 Å². The van der Waals surface area contributed by atoms with Gasteiger partial charge in [-0.2, -0.15) is 0 Å². The van der Waals surface area contributed by atoms with Crippen LogP contribution in [0.1, 0.15) is 32.6 Å². The molecule has 6 nitrogen and oxygen atoms in total. The Morgan fingerprint density at radius 1 is 1.32 bits per heavy atom. The third-order valence-corrected chi connectivity index (χ3v) is 3.75. The summed E-state index contributed by atoms with van der Waals surface area (Å²) in [6, 6.07) is -0.446. The Kier molecular flexibility index (Phi) is 4.52. The van der Waals surface area contributed by atoms with Gasteiger partial charge in [-0.3, -0.25) is 19.3 Å². The number of hydrogen-bond acceptors (Lipinski definition) is 4. The third-order valence-electron chi connectivity index (χ3n) is 3.75. The van der Waals surface area contributed by atoms with Crippen LogP contribution in [0.4, 0.5) is 0 Å². The van der Waals surface area contributed by atoms with Crippen LogP contribution in [0.3, 0.4) is 0 Å². The molecule has 0 aromatic rings. The fourth-order valence-electron chi connectivity index (χ4n) is 2.65. The van der Waals surface area contributed by atoms with Crippen molar-refractivity contribution in [1.82, 2.24) is 15.1 Å². The van der Waals surface area contributed by atoms with E-state index in [1.807, 2.05) is 4.90 Å². The molecule has 0 aromatic carbocycles. The van der Waals surface area contributed by atoms with Gasteiger partial charge in [0.05, 0.1) is 12.5 Å². The zero-order valence-electron chi connectivity index (χ0n) is 11.4. The van der Waals surface area contributed by atoms with Crippen LogP contribution < -0.4 is 5.32 Å². The highest BCUT2D eigenvalue weighted by Crippen LogP contribution is 2.13. The lowest BCUT2D eigenvalue weighted by molar-refractivity contribution is -0.138. The molecule has 0 aromatic heterocycles. The van der Waals surface area contributed by atoms with Crippen LogP contribution in [0, 0.1) is 0 Å². The minimum Gasteiger partial charge on any atom is -0.343 e. The lowest BCUT2D eigenvalue weighted by Gasteiger charge is -2.16. The van der Waals surface area contributed by atoms with Crippen molar-refractivity contribution in [3.8, 4) is 0 Å². The maximum Gasteiger partial charge on any atom is 0.246 e. The monoisotopic (exact) mass is 267 g/mol. The molecule has 0 spiro atoms.